The van der Waals surface area contributed by atoms with E-state index >= 15 is 0 Å². The third-order valence-corrected chi connectivity index (χ3v) is 2.70. The summed E-state index contributed by atoms with van der Waals surface area (Å²) < 4.78 is 0. The van der Waals surface area contributed by atoms with E-state index < -0.39 is 11.9 Å². The highest BCUT2D eigenvalue weighted by atomic mass is 32.1. The molecule has 0 aliphatic rings. The topological polar surface area (TPSA) is 105 Å². The highest BCUT2D eigenvalue weighted by molar-refractivity contribution is 7.15. The molecule has 2 aromatic heterocycles. The maximum Gasteiger partial charge on any atom is 0.354 e. The standard InChI is InChI=1S/C10H8N4O3S/c1-5-13-14-10(18-5)12-8(15)6-3-2-4-7(11-6)9(16)17/h2-4H,1H3,(H,16,17)(H,12,14,15). The van der Waals surface area contributed by atoms with Crippen molar-refractivity contribution < 1.29 is 14.7 Å². The van der Waals surface area contributed by atoms with Crippen LogP contribution in [-0.2, 0) is 0 Å². The third kappa shape index (κ3) is 2.66. The largest absolute Gasteiger partial charge is 0.477 e. The van der Waals surface area contributed by atoms with Gasteiger partial charge in [0.05, 0.1) is 0 Å². The van der Waals surface area contributed by atoms with E-state index in [-0.39, 0.29) is 11.4 Å². The summed E-state index contributed by atoms with van der Waals surface area (Å²) in [5, 5.41) is 19.8. The van der Waals surface area contributed by atoms with Gasteiger partial charge in [0.25, 0.3) is 5.91 Å². The number of aromatic nitrogens is 3. The second kappa shape index (κ2) is 4.88. The van der Waals surface area contributed by atoms with Gasteiger partial charge in [-0.05, 0) is 19.1 Å². The van der Waals surface area contributed by atoms with Crippen molar-refractivity contribution in [3.63, 3.8) is 0 Å². The highest BCUT2D eigenvalue weighted by Gasteiger charge is 2.13. The molecule has 0 unspecified atom stereocenters. The summed E-state index contributed by atoms with van der Waals surface area (Å²) in [6.07, 6.45) is 0. The van der Waals surface area contributed by atoms with Crippen molar-refractivity contribution in [2.75, 3.05) is 5.32 Å². The maximum absolute atomic E-state index is 11.8. The number of hydrogen-bond acceptors (Lipinski definition) is 6. The summed E-state index contributed by atoms with van der Waals surface area (Å²) in [6, 6.07) is 4.20. The van der Waals surface area contributed by atoms with E-state index in [1.54, 1.807) is 6.92 Å². The number of carboxylic acid groups (broad SMARTS) is 1. The predicted octanol–water partition coefficient (Wildman–Crippen LogP) is 1.19. The Morgan fingerprint density at radius 1 is 1.28 bits per heavy atom. The van der Waals surface area contributed by atoms with Crippen molar-refractivity contribution >= 4 is 28.3 Å². The molecule has 2 N–H and O–H groups in total. The molecule has 2 rings (SSSR count). The van der Waals surface area contributed by atoms with Gasteiger partial charge in [0, 0.05) is 0 Å². The van der Waals surface area contributed by atoms with E-state index in [1.165, 1.54) is 29.5 Å². The lowest BCUT2D eigenvalue weighted by Gasteiger charge is -2.01. The van der Waals surface area contributed by atoms with Crippen LogP contribution in [0.25, 0.3) is 0 Å². The molecular formula is C10H8N4O3S. The minimum absolute atomic E-state index is 0.0164. The molecule has 18 heavy (non-hydrogen) atoms. The van der Waals surface area contributed by atoms with Crippen LogP contribution in [0.15, 0.2) is 18.2 Å². The molecule has 2 aromatic rings. The third-order valence-electron chi connectivity index (χ3n) is 1.95. The summed E-state index contributed by atoms with van der Waals surface area (Å²) in [5.74, 6) is -1.70. The Labute approximate surface area is 106 Å². The van der Waals surface area contributed by atoms with Gasteiger partial charge in [0.1, 0.15) is 16.4 Å². The lowest BCUT2D eigenvalue weighted by molar-refractivity contribution is 0.0690. The minimum atomic E-state index is -1.18. The number of carbonyl (C=O) groups excluding carboxylic acids is 1. The summed E-state index contributed by atoms with van der Waals surface area (Å²) in [5.41, 5.74) is -0.168. The number of nitrogens with one attached hydrogen (secondary N) is 1. The van der Waals surface area contributed by atoms with E-state index in [0.717, 1.165) is 5.01 Å². The van der Waals surface area contributed by atoms with Gasteiger partial charge < -0.3 is 5.11 Å². The molecule has 0 spiro atoms. The fourth-order valence-corrected chi connectivity index (χ4v) is 1.78. The number of amides is 1. The van der Waals surface area contributed by atoms with Crippen molar-refractivity contribution in [3.8, 4) is 0 Å². The van der Waals surface area contributed by atoms with Crippen molar-refractivity contribution in [2.45, 2.75) is 6.92 Å². The number of aryl methyl sites for hydroxylation is 1. The lowest BCUT2D eigenvalue weighted by Crippen LogP contribution is -2.15. The molecule has 2 heterocycles. The van der Waals surface area contributed by atoms with E-state index in [9.17, 15) is 9.59 Å². The van der Waals surface area contributed by atoms with Crippen LogP contribution in [0.5, 0.6) is 0 Å². The van der Waals surface area contributed by atoms with Crippen molar-refractivity contribution in [3.05, 3.63) is 34.6 Å². The fraction of sp³-hybridized carbons (Fsp3) is 0.100. The average Bonchev–Trinajstić information content (AvgIpc) is 2.75. The lowest BCUT2D eigenvalue weighted by atomic mass is 10.3. The molecule has 0 bridgehead atoms. The quantitative estimate of drug-likeness (QED) is 0.862. The Hall–Kier alpha value is -2.35. The molecule has 0 aliphatic heterocycles. The van der Waals surface area contributed by atoms with Gasteiger partial charge in [0.2, 0.25) is 5.13 Å². The molecule has 0 aromatic carbocycles. The number of carbonyl (C=O) groups is 2. The van der Waals surface area contributed by atoms with E-state index in [0.29, 0.717) is 5.13 Å². The Morgan fingerprint density at radius 3 is 2.61 bits per heavy atom. The molecular weight excluding hydrogens is 256 g/mol. The van der Waals surface area contributed by atoms with Gasteiger partial charge in [-0.15, -0.1) is 10.2 Å². The van der Waals surface area contributed by atoms with Crippen LogP contribution in [-0.4, -0.2) is 32.2 Å². The highest BCUT2D eigenvalue weighted by Crippen LogP contribution is 2.14. The average molecular weight is 264 g/mol. The van der Waals surface area contributed by atoms with Crippen LogP contribution in [0, 0.1) is 6.92 Å². The van der Waals surface area contributed by atoms with Gasteiger partial charge in [-0.1, -0.05) is 17.4 Å². The van der Waals surface area contributed by atoms with Gasteiger partial charge in [-0.25, -0.2) is 9.78 Å². The van der Waals surface area contributed by atoms with Crippen LogP contribution in [0.4, 0.5) is 5.13 Å². The first kappa shape index (κ1) is 12.1. The zero-order valence-corrected chi connectivity index (χ0v) is 10.1. The van der Waals surface area contributed by atoms with Gasteiger partial charge in [-0.3, -0.25) is 10.1 Å². The van der Waals surface area contributed by atoms with Crippen molar-refractivity contribution in [1.29, 1.82) is 0 Å². The molecule has 92 valence electrons. The molecule has 0 radical (unpaired) electrons. The van der Waals surface area contributed by atoms with E-state index in [4.69, 9.17) is 5.11 Å². The van der Waals surface area contributed by atoms with Crippen LogP contribution in [0.2, 0.25) is 0 Å². The number of hydrogen-bond donors (Lipinski definition) is 2. The number of nitrogens with zero attached hydrogens (tertiary/aromatic N) is 3. The molecule has 8 heteroatoms. The van der Waals surface area contributed by atoms with Gasteiger partial charge >= 0.3 is 5.97 Å². The number of aromatic carboxylic acids is 1. The zero-order chi connectivity index (χ0) is 13.1. The van der Waals surface area contributed by atoms with E-state index in [1.807, 2.05) is 0 Å². The first-order valence-electron chi connectivity index (χ1n) is 4.88. The zero-order valence-electron chi connectivity index (χ0n) is 9.25. The van der Waals surface area contributed by atoms with Gasteiger partial charge in [0.15, 0.2) is 0 Å². The van der Waals surface area contributed by atoms with Crippen LogP contribution in [0.3, 0.4) is 0 Å². The summed E-state index contributed by atoms with van der Waals surface area (Å²) >= 11 is 1.22. The monoisotopic (exact) mass is 264 g/mol. The summed E-state index contributed by atoms with van der Waals surface area (Å²) in [4.78, 5) is 26.2. The number of rotatable bonds is 3. The Kier molecular flexibility index (Phi) is 3.28. The first-order valence-corrected chi connectivity index (χ1v) is 5.70. The van der Waals surface area contributed by atoms with Crippen LogP contribution >= 0.6 is 11.3 Å². The predicted molar refractivity (Wildman–Crippen MR) is 63.8 cm³/mol. The van der Waals surface area contributed by atoms with Crippen LogP contribution < -0.4 is 5.32 Å². The molecule has 0 fully saturated rings. The smallest absolute Gasteiger partial charge is 0.354 e. The summed E-state index contributed by atoms with van der Waals surface area (Å²) in [6.45, 7) is 1.76. The molecule has 0 aliphatic carbocycles. The number of pyridine rings is 1. The second-order valence-electron chi connectivity index (χ2n) is 3.29. The fourth-order valence-electron chi connectivity index (χ4n) is 1.19. The molecule has 0 saturated carbocycles. The molecule has 7 nitrogen and oxygen atoms in total. The van der Waals surface area contributed by atoms with E-state index in [2.05, 4.69) is 20.5 Å². The van der Waals surface area contributed by atoms with Gasteiger partial charge in [-0.2, -0.15) is 0 Å². The number of anilines is 1. The number of carboxylic acids is 1. The Balaban J connectivity index is 2.18. The maximum atomic E-state index is 11.8. The second-order valence-corrected chi connectivity index (χ2v) is 4.48. The Morgan fingerprint density at radius 2 is 2.00 bits per heavy atom. The normalized spacial score (nSPS) is 10.1. The molecule has 0 saturated heterocycles. The minimum Gasteiger partial charge on any atom is -0.477 e. The molecule has 1 amide bonds. The first-order chi connectivity index (χ1) is 8.56. The van der Waals surface area contributed by atoms with Crippen LogP contribution in [0.1, 0.15) is 26.0 Å². The van der Waals surface area contributed by atoms with Crippen molar-refractivity contribution in [2.24, 2.45) is 0 Å². The summed E-state index contributed by atoms with van der Waals surface area (Å²) in [7, 11) is 0. The van der Waals surface area contributed by atoms with Crippen molar-refractivity contribution in [1.82, 2.24) is 15.2 Å². The Bertz CT molecular complexity index is 611. The molecule has 0 atom stereocenters. The SMILES string of the molecule is Cc1nnc(NC(=O)c2cccc(C(=O)O)n2)s1.